The molecular formula is C20H25N3O5S. The number of hydrogen-bond acceptors (Lipinski definition) is 6. The quantitative estimate of drug-likeness (QED) is 0.545. The molecule has 3 rings (SSSR count). The number of non-ortho nitro benzene ring substituents is 1. The van der Waals surface area contributed by atoms with Crippen LogP contribution in [-0.4, -0.2) is 43.9 Å². The number of rotatable bonds is 7. The fourth-order valence-electron chi connectivity index (χ4n) is 3.35. The van der Waals surface area contributed by atoms with Gasteiger partial charge in [0, 0.05) is 25.2 Å². The molecule has 0 spiro atoms. The Kier molecular flexibility index (Phi) is 6.51. The van der Waals surface area contributed by atoms with Crippen LogP contribution in [0.3, 0.4) is 0 Å². The fraction of sp³-hybridized carbons (Fsp3) is 0.400. The van der Waals surface area contributed by atoms with E-state index < -0.39 is 14.9 Å². The van der Waals surface area contributed by atoms with Gasteiger partial charge < -0.3 is 10.1 Å². The SMILES string of the molecule is CC(C)[C@@H](Nc1ccc([N+](=O)[O-])cc1S(=O)(=O)N1CCOCC1)c1ccccc1. The van der Waals surface area contributed by atoms with Gasteiger partial charge in [-0.1, -0.05) is 44.2 Å². The van der Waals surface area contributed by atoms with Crippen LogP contribution in [0, 0.1) is 16.0 Å². The van der Waals surface area contributed by atoms with Crippen LogP contribution >= 0.6 is 0 Å². The van der Waals surface area contributed by atoms with Gasteiger partial charge in [0.1, 0.15) is 4.90 Å². The van der Waals surface area contributed by atoms with Gasteiger partial charge in [0.15, 0.2) is 0 Å². The Bertz CT molecular complexity index is 957. The molecule has 1 fully saturated rings. The molecule has 8 nitrogen and oxygen atoms in total. The van der Waals surface area contributed by atoms with E-state index >= 15 is 0 Å². The molecule has 0 saturated carbocycles. The van der Waals surface area contributed by atoms with Crippen molar-refractivity contribution >= 4 is 21.4 Å². The molecular weight excluding hydrogens is 394 g/mol. The van der Waals surface area contributed by atoms with Gasteiger partial charge in [0.05, 0.1) is 29.9 Å². The summed E-state index contributed by atoms with van der Waals surface area (Å²) in [6.07, 6.45) is 0. The first kappa shape index (κ1) is 21.2. The number of sulfonamides is 1. The van der Waals surface area contributed by atoms with Crippen LogP contribution in [0.4, 0.5) is 11.4 Å². The summed E-state index contributed by atoms with van der Waals surface area (Å²) in [5.41, 5.74) is 1.10. The van der Waals surface area contributed by atoms with Crippen molar-refractivity contribution in [3.05, 3.63) is 64.2 Å². The first-order valence-electron chi connectivity index (χ1n) is 9.48. The van der Waals surface area contributed by atoms with Gasteiger partial charge in [-0.05, 0) is 17.5 Å². The van der Waals surface area contributed by atoms with Gasteiger partial charge in [-0.2, -0.15) is 4.31 Å². The van der Waals surface area contributed by atoms with E-state index in [2.05, 4.69) is 5.32 Å². The van der Waals surface area contributed by atoms with Crippen LogP contribution in [0.5, 0.6) is 0 Å². The molecule has 0 aliphatic carbocycles. The van der Waals surface area contributed by atoms with E-state index in [1.165, 1.54) is 16.4 Å². The van der Waals surface area contributed by atoms with E-state index in [1.54, 1.807) is 0 Å². The highest BCUT2D eigenvalue weighted by atomic mass is 32.2. The summed E-state index contributed by atoms with van der Waals surface area (Å²) in [5, 5.41) is 14.6. The van der Waals surface area contributed by atoms with Crippen LogP contribution in [0.1, 0.15) is 25.5 Å². The Morgan fingerprint density at radius 2 is 1.76 bits per heavy atom. The highest BCUT2D eigenvalue weighted by Crippen LogP contribution is 2.34. The highest BCUT2D eigenvalue weighted by Gasteiger charge is 2.31. The van der Waals surface area contributed by atoms with Crippen molar-refractivity contribution in [2.75, 3.05) is 31.6 Å². The van der Waals surface area contributed by atoms with Crippen LogP contribution in [0.25, 0.3) is 0 Å². The van der Waals surface area contributed by atoms with Crippen molar-refractivity contribution in [1.82, 2.24) is 4.31 Å². The largest absolute Gasteiger partial charge is 0.379 e. The third-order valence-corrected chi connectivity index (χ3v) is 6.84. The average Bonchev–Trinajstić information content (AvgIpc) is 2.73. The molecule has 2 aromatic rings. The zero-order chi connectivity index (χ0) is 21.0. The number of ether oxygens (including phenoxy) is 1. The molecule has 156 valence electrons. The Hall–Kier alpha value is -2.49. The van der Waals surface area contributed by atoms with Crippen molar-refractivity contribution < 1.29 is 18.1 Å². The van der Waals surface area contributed by atoms with Crippen LogP contribution in [0.15, 0.2) is 53.4 Å². The highest BCUT2D eigenvalue weighted by molar-refractivity contribution is 7.89. The summed E-state index contributed by atoms with van der Waals surface area (Å²) >= 11 is 0. The molecule has 1 N–H and O–H groups in total. The number of benzene rings is 2. The minimum Gasteiger partial charge on any atom is -0.379 e. The van der Waals surface area contributed by atoms with Gasteiger partial charge in [-0.25, -0.2) is 8.42 Å². The molecule has 1 aliphatic rings. The average molecular weight is 420 g/mol. The molecule has 1 aliphatic heterocycles. The van der Waals surface area contributed by atoms with Crippen molar-refractivity contribution in [2.45, 2.75) is 24.8 Å². The number of nitro groups is 1. The second-order valence-corrected chi connectivity index (χ2v) is 9.14. The lowest BCUT2D eigenvalue weighted by Crippen LogP contribution is -2.40. The maximum absolute atomic E-state index is 13.3. The summed E-state index contributed by atoms with van der Waals surface area (Å²) < 4.78 is 33.1. The number of nitro benzene ring substituents is 1. The molecule has 1 heterocycles. The number of nitrogens with one attached hydrogen (secondary N) is 1. The van der Waals surface area contributed by atoms with Crippen LogP contribution in [0.2, 0.25) is 0 Å². The van der Waals surface area contributed by atoms with E-state index in [-0.39, 0.29) is 35.6 Å². The zero-order valence-electron chi connectivity index (χ0n) is 16.4. The lowest BCUT2D eigenvalue weighted by atomic mass is 9.96. The van der Waals surface area contributed by atoms with Crippen molar-refractivity contribution in [3.63, 3.8) is 0 Å². The van der Waals surface area contributed by atoms with Gasteiger partial charge in [0.2, 0.25) is 10.0 Å². The zero-order valence-corrected chi connectivity index (χ0v) is 17.3. The Morgan fingerprint density at radius 1 is 1.10 bits per heavy atom. The van der Waals surface area contributed by atoms with Gasteiger partial charge >= 0.3 is 0 Å². The van der Waals surface area contributed by atoms with E-state index in [9.17, 15) is 18.5 Å². The molecule has 0 radical (unpaired) electrons. The molecule has 1 saturated heterocycles. The normalized spacial score (nSPS) is 16.5. The third kappa shape index (κ3) is 4.75. The van der Waals surface area contributed by atoms with Crippen molar-refractivity contribution in [3.8, 4) is 0 Å². The second-order valence-electron chi connectivity index (χ2n) is 7.23. The predicted octanol–water partition coefficient (Wildman–Crippen LogP) is 3.42. The lowest BCUT2D eigenvalue weighted by Gasteiger charge is -2.29. The molecule has 0 amide bonds. The summed E-state index contributed by atoms with van der Waals surface area (Å²) in [6.45, 7) is 5.11. The summed E-state index contributed by atoms with van der Waals surface area (Å²) in [6, 6.07) is 13.5. The number of nitrogens with zero attached hydrogens (tertiary/aromatic N) is 2. The van der Waals surface area contributed by atoms with E-state index in [1.807, 2.05) is 44.2 Å². The summed E-state index contributed by atoms with van der Waals surface area (Å²) in [4.78, 5) is 10.6. The van der Waals surface area contributed by atoms with Crippen LogP contribution < -0.4 is 5.32 Å². The molecule has 2 aromatic carbocycles. The minimum absolute atomic E-state index is 0.0878. The molecule has 29 heavy (non-hydrogen) atoms. The topological polar surface area (TPSA) is 102 Å². The Balaban J connectivity index is 2.05. The second kappa shape index (κ2) is 8.89. The minimum atomic E-state index is -3.92. The molecule has 9 heteroatoms. The van der Waals surface area contributed by atoms with Gasteiger partial charge in [-0.3, -0.25) is 10.1 Å². The van der Waals surface area contributed by atoms with E-state index in [0.29, 0.717) is 18.9 Å². The van der Waals surface area contributed by atoms with Crippen LogP contribution in [-0.2, 0) is 14.8 Å². The first-order valence-corrected chi connectivity index (χ1v) is 10.9. The number of morpholine rings is 1. The summed E-state index contributed by atoms with van der Waals surface area (Å²) in [5.74, 6) is 0.159. The third-order valence-electron chi connectivity index (χ3n) is 4.90. The maximum Gasteiger partial charge on any atom is 0.270 e. The lowest BCUT2D eigenvalue weighted by molar-refractivity contribution is -0.385. The van der Waals surface area contributed by atoms with Crippen molar-refractivity contribution in [2.24, 2.45) is 5.92 Å². The fourth-order valence-corrected chi connectivity index (χ4v) is 4.93. The smallest absolute Gasteiger partial charge is 0.270 e. The molecule has 0 bridgehead atoms. The summed E-state index contributed by atoms with van der Waals surface area (Å²) in [7, 11) is -3.92. The first-order chi connectivity index (χ1) is 13.8. The number of hydrogen-bond donors (Lipinski definition) is 1. The van der Waals surface area contributed by atoms with Gasteiger partial charge in [-0.15, -0.1) is 0 Å². The molecule has 0 unspecified atom stereocenters. The Morgan fingerprint density at radius 3 is 2.34 bits per heavy atom. The van der Waals surface area contributed by atoms with E-state index in [0.717, 1.165) is 11.6 Å². The van der Waals surface area contributed by atoms with E-state index in [4.69, 9.17) is 4.74 Å². The van der Waals surface area contributed by atoms with Gasteiger partial charge in [0.25, 0.3) is 5.69 Å². The van der Waals surface area contributed by atoms with Crippen molar-refractivity contribution in [1.29, 1.82) is 0 Å². The molecule has 0 aromatic heterocycles. The monoisotopic (exact) mass is 419 g/mol. The molecule has 1 atom stereocenters. The number of anilines is 1. The Labute approximate surface area is 170 Å². The predicted molar refractivity (Wildman–Crippen MR) is 110 cm³/mol. The maximum atomic E-state index is 13.3. The standard InChI is InChI=1S/C20H25N3O5S/c1-15(2)20(16-6-4-3-5-7-16)21-18-9-8-17(23(24)25)14-19(18)29(26,27)22-10-12-28-13-11-22/h3-9,14-15,20-21H,10-13H2,1-2H3/t20-/m1/s1.